The number of nitrogens with two attached hydrogens (primary N) is 2. The quantitative estimate of drug-likeness (QED) is 0.203. The highest BCUT2D eigenvalue weighted by atomic mass is 16.6. The summed E-state index contributed by atoms with van der Waals surface area (Å²) < 4.78 is 11.1. The molecule has 26 heavy (non-hydrogen) atoms. The Labute approximate surface area is 146 Å². The molecule has 1 saturated heterocycles. The first-order valence-electron chi connectivity index (χ1n) is 7.46. The molecule has 1 amide bonds. The summed E-state index contributed by atoms with van der Waals surface area (Å²) in [5, 5.41) is 28.8. The zero-order valence-corrected chi connectivity index (χ0v) is 13.4. The molecular formula is C13H19N5O8. The number of nitrogens with one attached hydrogen (secondary N) is 1. The van der Waals surface area contributed by atoms with E-state index in [1.807, 2.05) is 0 Å². The molecule has 144 valence electrons. The number of nitrogens with zero attached hydrogens (tertiary/aromatic N) is 2. The van der Waals surface area contributed by atoms with Crippen molar-refractivity contribution >= 4 is 17.7 Å². The predicted octanol–water partition coefficient (Wildman–Crippen LogP) is -3.59. The predicted molar refractivity (Wildman–Crippen MR) is 82.6 cm³/mol. The van der Waals surface area contributed by atoms with Crippen LogP contribution in [0, 0.1) is 0 Å². The standard InChI is InChI=1S/C13H19N5O8/c14-5(3-7(15)19)12(22)25-4-6-9(20)10(21)11(26-6)18-2-1-8(17-24)16-13(18)23/h1-2,5-6,9-11,20-21,24H,3-4,14H2,(H2,15,19)(H,16,17,23)/t5-,6-,9-,10-,11-/m1/s1. The molecule has 0 radical (unpaired) electrons. The molecule has 2 rings (SSSR count). The van der Waals surface area contributed by atoms with Crippen molar-refractivity contribution < 1.29 is 34.5 Å². The molecule has 8 N–H and O–H groups in total. The number of primary amides is 1. The van der Waals surface area contributed by atoms with E-state index in [0.717, 1.165) is 4.57 Å². The van der Waals surface area contributed by atoms with Gasteiger partial charge in [0.2, 0.25) is 5.91 Å². The van der Waals surface area contributed by atoms with Crippen LogP contribution in [0.4, 0.5) is 5.82 Å². The topological polar surface area (TPSA) is 212 Å². The monoisotopic (exact) mass is 373 g/mol. The number of ether oxygens (including phenoxy) is 2. The van der Waals surface area contributed by atoms with Crippen molar-refractivity contribution in [2.75, 3.05) is 12.1 Å². The van der Waals surface area contributed by atoms with E-state index >= 15 is 0 Å². The summed E-state index contributed by atoms with van der Waals surface area (Å²) in [5.41, 5.74) is 11.2. The van der Waals surface area contributed by atoms with Crippen LogP contribution in [0.3, 0.4) is 0 Å². The third-order valence-corrected chi connectivity index (χ3v) is 3.67. The molecular weight excluding hydrogens is 354 g/mol. The fourth-order valence-corrected chi connectivity index (χ4v) is 2.34. The SMILES string of the molecule is NC(=O)C[C@@H](N)C(=O)OC[C@H]1O[C@@H](n2ccc(NO)nc2=O)[C@H](O)[C@@H]1O. The van der Waals surface area contributed by atoms with E-state index < -0.39 is 61.2 Å². The number of amides is 1. The molecule has 13 heteroatoms. The highest BCUT2D eigenvalue weighted by molar-refractivity contribution is 5.84. The van der Waals surface area contributed by atoms with Gasteiger partial charge in [-0.1, -0.05) is 0 Å². The first-order valence-corrected chi connectivity index (χ1v) is 7.46. The van der Waals surface area contributed by atoms with E-state index in [0.29, 0.717) is 0 Å². The number of aliphatic hydroxyl groups is 2. The number of carbonyl (C=O) groups excluding carboxylic acids is 2. The Balaban J connectivity index is 2.02. The third-order valence-electron chi connectivity index (χ3n) is 3.67. The fourth-order valence-electron chi connectivity index (χ4n) is 2.34. The maximum Gasteiger partial charge on any atom is 0.351 e. The molecule has 0 unspecified atom stereocenters. The highest BCUT2D eigenvalue weighted by Gasteiger charge is 2.44. The van der Waals surface area contributed by atoms with Gasteiger partial charge in [-0.2, -0.15) is 4.98 Å². The molecule has 0 spiro atoms. The van der Waals surface area contributed by atoms with Crippen LogP contribution >= 0.6 is 0 Å². The highest BCUT2D eigenvalue weighted by Crippen LogP contribution is 2.28. The van der Waals surface area contributed by atoms with Crippen molar-refractivity contribution in [1.82, 2.24) is 9.55 Å². The maximum absolute atomic E-state index is 11.9. The van der Waals surface area contributed by atoms with Crippen molar-refractivity contribution in [3.63, 3.8) is 0 Å². The van der Waals surface area contributed by atoms with E-state index in [9.17, 15) is 24.6 Å². The maximum atomic E-state index is 11.9. The van der Waals surface area contributed by atoms with Crippen molar-refractivity contribution in [3.8, 4) is 0 Å². The number of hydrogen-bond acceptors (Lipinski definition) is 11. The third kappa shape index (κ3) is 4.33. The molecule has 1 fully saturated rings. The molecule has 0 bridgehead atoms. The Kier molecular flexibility index (Phi) is 6.23. The lowest BCUT2D eigenvalue weighted by atomic mass is 10.1. The molecule has 13 nitrogen and oxygen atoms in total. The molecule has 1 aromatic rings. The van der Waals surface area contributed by atoms with Crippen LogP contribution in [0.2, 0.25) is 0 Å². The Morgan fingerprint density at radius 2 is 2.12 bits per heavy atom. The lowest BCUT2D eigenvalue weighted by Crippen LogP contribution is -2.39. The lowest BCUT2D eigenvalue weighted by Gasteiger charge is -2.17. The Morgan fingerprint density at radius 1 is 1.42 bits per heavy atom. The summed E-state index contributed by atoms with van der Waals surface area (Å²) in [5.74, 6) is -1.84. The van der Waals surface area contributed by atoms with Gasteiger partial charge in [-0.05, 0) is 6.07 Å². The van der Waals surface area contributed by atoms with E-state index in [1.165, 1.54) is 12.3 Å². The normalized spacial score (nSPS) is 26.3. The van der Waals surface area contributed by atoms with Crippen LogP contribution in [0.25, 0.3) is 0 Å². The summed E-state index contributed by atoms with van der Waals surface area (Å²) in [6.45, 7) is -0.474. The van der Waals surface area contributed by atoms with Crippen molar-refractivity contribution in [1.29, 1.82) is 0 Å². The van der Waals surface area contributed by atoms with Gasteiger partial charge in [0.25, 0.3) is 0 Å². The zero-order valence-electron chi connectivity index (χ0n) is 13.4. The second-order valence-electron chi connectivity index (χ2n) is 5.57. The molecule has 0 saturated carbocycles. The number of esters is 1. The molecule has 5 atom stereocenters. The van der Waals surface area contributed by atoms with Crippen LogP contribution in [0.1, 0.15) is 12.6 Å². The van der Waals surface area contributed by atoms with Crippen LogP contribution in [-0.2, 0) is 19.1 Å². The first kappa shape index (κ1) is 19.7. The van der Waals surface area contributed by atoms with Gasteiger partial charge in [0, 0.05) is 6.20 Å². The smallest absolute Gasteiger partial charge is 0.351 e. The van der Waals surface area contributed by atoms with Gasteiger partial charge in [-0.25, -0.2) is 4.79 Å². The Bertz CT molecular complexity index is 725. The number of aliphatic hydroxyl groups excluding tert-OH is 2. The van der Waals surface area contributed by atoms with Gasteiger partial charge >= 0.3 is 11.7 Å². The summed E-state index contributed by atoms with van der Waals surface area (Å²) in [4.78, 5) is 37.7. The van der Waals surface area contributed by atoms with Crippen LogP contribution < -0.4 is 22.6 Å². The zero-order chi connectivity index (χ0) is 19.4. The minimum atomic E-state index is -1.51. The number of rotatable bonds is 7. The lowest BCUT2D eigenvalue weighted by molar-refractivity contribution is -0.152. The second kappa shape index (κ2) is 8.20. The Morgan fingerprint density at radius 3 is 2.69 bits per heavy atom. The van der Waals surface area contributed by atoms with E-state index in [4.69, 9.17) is 26.1 Å². The number of hydrogen-bond donors (Lipinski definition) is 6. The minimum Gasteiger partial charge on any atom is -0.462 e. The van der Waals surface area contributed by atoms with Gasteiger partial charge in [0.1, 0.15) is 31.0 Å². The minimum absolute atomic E-state index is 0.117. The number of aromatic nitrogens is 2. The molecule has 1 aliphatic rings. The van der Waals surface area contributed by atoms with Crippen molar-refractivity contribution in [2.45, 2.75) is 37.0 Å². The van der Waals surface area contributed by atoms with Crippen LogP contribution in [0.15, 0.2) is 17.1 Å². The first-order chi connectivity index (χ1) is 12.2. The molecule has 0 aromatic carbocycles. The van der Waals surface area contributed by atoms with Gasteiger partial charge in [0.05, 0.1) is 6.42 Å². The molecule has 1 aromatic heterocycles. The van der Waals surface area contributed by atoms with Gasteiger partial charge < -0.3 is 31.2 Å². The van der Waals surface area contributed by atoms with Crippen molar-refractivity contribution in [3.05, 3.63) is 22.7 Å². The summed E-state index contributed by atoms with van der Waals surface area (Å²) in [7, 11) is 0. The second-order valence-corrected chi connectivity index (χ2v) is 5.57. The molecule has 0 aliphatic carbocycles. The summed E-state index contributed by atoms with van der Waals surface area (Å²) in [6, 6.07) is -0.0304. The Hall–Kier alpha value is -2.58. The average Bonchev–Trinajstić information content (AvgIpc) is 2.87. The fraction of sp³-hybridized carbons (Fsp3) is 0.538. The number of carbonyl (C=O) groups is 2. The van der Waals surface area contributed by atoms with Crippen LogP contribution in [-0.4, -0.2) is 67.8 Å². The van der Waals surface area contributed by atoms with Gasteiger partial charge in [-0.3, -0.25) is 24.8 Å². The molecule has 2 heterocycles. The van der Waals surface area contributed by atoms with E-state index in [-0.39, 0.29) is 5.82 Å². The average molecular weight is 373 g/mol. The summed E-state index contributed by atoms with van der Waals surface area (Å²) >= 11 is 0. The number of anilines is 1. The molecule has 1 aliphatic heterocycles. The van der Waals surface area contributed by atoms with Gasteiger partial charge in [0.15, 0.2) is 12.0 Å². The van der Waals surface area contributed by atoms with Crippen LogP contribution in [0.5, 0.6) is 0 Å². The van der Waals surface area contributed by atoms with E-state index in [2.05, 4.69) is 4.98 Å². The largest absolute Gasteiger partial charge is 0.462 e. The van der Waals surface area contributed by atoms with Gasteiger partial charge in [-0.15, -0.1) is 0 Å². The summed E-state index contributed by atoms with van der Waals surface area (Å²) in [6.07, 6.45) is -4.65. The van der Waals surface area contributed by atoms with Crippen molar-refractivity contribution in [2.24, 2.45) is 11.5 Å². The van der Waals surface area contributed by atoms with E-state index in [1.54, 1.807) is 5.48 Å².